The first kappa shape index (κ1) is 20.6. The number of carboxylic acids is 2. The van der Waals surface area contributed by atoms with Gasteiger partial charge in [-0.25, -0.2) is 4.79 Å². The number of hydrogen-bond donors (Lipinski definition) is 4. The molecule has 0 saturated carbocycles. The Morgan fingerprint density at radius 3 is 2.30 bits per heavy atom. The van der Waals surface area contributed by atoms with E-state index in [2.05, 4.69) is 15.0 Å². The summed E-state index contributed by atoms with van der Waals surface area (Å²) >= 11 is 0. The van der Waals surface area contributed by atoms with Crippen molar-refractivity contribution in [2.75, 3.05) is 27.7 Å². The number of ether oxygens (including phenoxy) is 1. The molecule has 0 saturated heterocycles. The maximum Gasteiger partial charge on any atom is 0.326 e. The van der Waals surface area contributed by atoms with Crippen molar-refractivity contribution in [3.8, 4) is 0 Å². The van der Waals surface area contributed by atoms with Gasteiger partial charge in [-0.05, 0) is 12.8 Å². The van der Waals surface area contributed by atoms with Crippen LogP contribution in [0.3, 0.4) is 0 Å². The highest BCUT2D eigenvalue weighted by molar-refractivity contribution is 5.88. The molecule has 0 aromatic heterocycles. The van der Waals surface area contributed by atoms with Gasteiger partial charge in [-0.3, -0.25) is 14.6 Å². The molecule has 0 bridgehead atoms. The van der Waals surface area contributed by atoms with Crippen LogP contribution in [0.5, 0.6) is 0 Å². The zero-order valence-corrected chi connectivity index (χ0v) is 13.5. The largest absolute Gasteiger partial charge is 0.480 e. The highest BCUT2D eigenvalue weighted by Gasteiger charge is 2.23. The molecular weight excluding hydrogens is 308 g/mol. The van der Waals surface area contributed by atoms with Crippen molar-refractivity contribution >= 4 is 23.9 Å². The molecule has 2 atom stereocenters. The van der Waals surface area contributed by atoms with Gasteiger partial charge in [0.2, 0.25) is 0 Å². The van der Waals surface area contributed by atoms with Gasteiger partial charge < -0.3 is 30.9 Å². The van der Waals surface area contributed by atoms with E-state index in [1.54, 1.807) is 19.0 Å². The van der Waals surface area contributed by atoms with Gasteiger partial charge in [0.1, 0.15) is 12.1 Å². The minimum atomic E-state index is -1.21. The van der Waals surface area contributed by atoms with E-state index in [-0.39, 0.29) is 25.3 Å². The number of esters is 1. The van der Waals surface area contributed by atoms with Crippen molar-refractivity contribution in [3.05, 3.63) is 0 Å². The molecule has 132 valence electrons. The van der Waals surface area contributed by atoms with Crippen molar-refractivity contribution in [1.29, 1.82) is 0 Å². The maximum absolute atomic E-state index is 11.2. The fourth-order valence-electron chi connectivity index (χ4n) is 1.54. The Morgan fingerprint density at radius 1 is 1.26 bits per heavy atom. The number of nitrogens with zero attached hydrogens (tertiary/aromatic N) is 2. The summed E-state index contributed by atoms with van der Waals surface area (Å²) in [7, 11) is 4.49. The van der Waals surface area contributed by atoms with Gasteiger partial charge in [0.15, 0.2) is 5.96 Å². The first-order valence-corrected chi connectivity index (χ1v) is 6.95. The van der Waals surface area contributed by atoms with Gasteiger partial charge >= 0.3 is 17.9 Å². The standard InChI is InChI=1S/C13H24N4O6/c1-17(2)13(15-6-4-5-8(14)11(19)20)16-9(12(21)22)7-10(18)23-3/h8-9H,4-7,14H2,1-3H3,(H,15,16)(H,19,20)(H,21,22). The van der Waals surface area contributed by atoms with E-state index >= 15 is 0 Å². The van der Waals surface area contributed by atoms with Crippen LogP contribution in [0.2, 0.25) is 0 Å². The smallest absolute Gasteiger partial charge is 0.326 e. The first-order chi connectivity index (χ1) is 10.7. The third-order valence-corrected chi connectivity index (χ3v) is 2.88. The topological polar surface area (TPSA) is 155 Å². The van der Waals surface area contributed by atoms with Gasteiger partial charge in [-0.15, -0.1) is 0 Å². The van der Waals surface area contributed by atoms with Gasteiger partial charge in [-0.1, -0.05) is 0 Å². The average molecular weight is 332 g/mol. The number of nitrogens with two attached hydrogens (primary N) is 1. The number of carbonyl (C=O) groups is 3. The lowest BCUT2D eigenvalue weighted by Crippen LogP contribution is -2.47. The number of guanidine groups is 1. The molecule has 5 N–H and O–H groups in total. The van der Waals surface area contributed by atoms with Crippen molar-refractivity contribution < 1.29 is 29.3 Å². The van der Waals surface area contributed by atoms with Crippen LogP contribution in [0.4, 0.5) is 0 Å². The fraction of sp³-hybridized carbons (Fsp3) is 0.692. The zero-order valence-electron chi connectivity index (χ0n) is 13.5. The summed E-state index contributed by atoms with van der Waals surface area (Å²) in [6, 6.07) is -2.13. The predicted molar refractivity (Wildman–Crippen MR) is 82.0 cm³/mol. The van der Waals surface area contributed by atoms with Crippen molar-refractivity contribution in [3.63, 3.8) is 0 Å². The summed E-state index contributed by atoms with van der Waals surface area (Å²) in [6.45, 7) is 0.270. The predicted octanol–water partition coefficient (Wildman–Crippen LogP) is -1.30. The molecule has 23 heavy (non-hydrogen) atoms. The van der Waals surface area contributed by atoms with E-state index in [0.29, 0.717) is 6.42 Å². The molecule has 0 aromatic carbocycles. The second-order valence-corrected chi connectivity index (χ2v) is 5.00. The number of nitrogens with one attached hydrogen (secondary N) is 1. The van der Waals surface area contributed by atoms with Crippen LogP contribution in [0.25, 0.3) is 0 Å². The lowest BCUT2D eigenvalue weighted by molar-refractivity contribution is -0.147. The van der Waals surface area contributed by atoms with Crippen LogP contribution < -0.4 is 11.1 Å². The fourth-order valence-corrected chi connectivity index (χ4v) is 1.54. The molecular formula is C13H24N4O6. The molecule has 0 amide bonds. The highest BCUT2D eigenvalue weighted by Crippen LogP contribution is 1.99. The second kappa shape index (κ2) is 10.4. The van der Waals surface area contributed by atoms with Gasteiger partial charge in [-0.2, -0.15) is 0 Å². The van der Waals surface area contributed by atoms with Crippen LogP contribution in [0, 0.1) is 0 Å². The van der Waals surface area contributed by atoms with Gasteiger partial charge in [0.05, 0.1) is 13.5 Å². The van der Waals surface area contributed by atoms with E-state index in [4.69, 9.17) is 15.9 Å². The number of hydrogen-bond acceptors (Lipinski definition) is 6. The van der Waals surface area contributed by atoms with E-state index in [1.807, 2.05) is 0 Å². The Kier molecular flexibility index (Phi) is 9.31. The van der Waals surface area contributed by atoms with Crippen LogP contribution in [0.15, 0.2) is 4.99 Å². The van der Waals surface area contributed by atoms with Crippen molar-refractivity contribution in [2.45, 2.75) is 31.3 Å². The summed E-state index contributed by atoms with van der Waals surface area (Å²) in [5, 5.41) is 20.5. The monoisotopic (exact) mass is 332 g/mol. The van der Waals surface area contributed by atoms with E-state index in [9.17, 15) is 14.4 Å². The molecule has 0 rings (SSSR count). The Hall–Kier alpha value is -2.36. The number of rotatable bonds is 9. The number of aliphatic imine (C=N–C) groups is 1. The van der Waals surface area contributed by atoms with E-state index in [1.165, 1.54) is 7.11 Å². The first-order valence-electron chi connectivity index (χ1n) is 6.95. The molecule has 10 nitrogen and oxygen atoms in total. The Morgan fingerprint density at radius 2 is 1.87 bits per heavy atom. The summed E-state index contributed by atoms with van der Waals surface area (Å²) in [5.41, 5.74) is 5.38. The molecule has 0 radical (unpaired) electrons. The van der Waals surface area contributed by atoms with E-state index in [0.717, 1.165) is 0 Å². The Labute approximate surface area is 134 Å². The van der Waals surface area contributed by atoms with E-state index < -0.39 is 30.0 Å². The SMILES string of the molecule is COC(=O)CC(NC(=NCCCC(N)C(=O)O)N(C)C)C(=O)O. The van der Waals surface area contributed by atoms with Gasteiger partial charge in [0, 0.05) is 20.6 Å². The lowest BCUT2D eigenvalue weighted by atomic mass is 10.2. The molecule has 10 heteroatoms. The quantitative estimate of drug-likeness (QED) is 0.174. The summed E-state index contributed by atoms with van der Waals surface area (Å²) in [5.74, 6) is -2.68. The van der Waals surface area contributed by atoms with Crippen LogP contribution in [-0.2, 0) is 19.1 Å². The molecule has 0 aromatic rings. The molecule has 0 heterocycles. The third-order valence-electron chi connectivity index (χ3n) is 2.88. The molecule has 0 aliphatic rings. The summed E-state index contributed by atoms with van der Waals surface area (Å²) < 4.78 is 4.45. The highest BCUT2D eigenvalue weighted by atomic mass is 16.5. The number of aliphatic carboxylic acids is 2. The molecule has 0 aliphatic carbocycles. The Balaban J connectivity index is 4.69. The normalized spacial score (nSPS) is 13.8. The van der Waals surface area contributed by atoms with Crippen LogP contribution in [-0.4, -0.2) is 78.8 Å². The number of carbonyl (C=O) groups excluding carboxylic acids is 1. The number of carboxylic acid groups (broad SMARTS) is 2. The zero-order chi connectivity index (χ0) is 18.0. The molecule has 0 aliphatic heterocycles. The minimum Gasteiger partial charge on any atom is -0.480 e. The molecule has 0 spiro atoms. The molecule has 0 fully saturated rings. The maximum atomic E-state index is 11.2. The Bertz CT molecular complexity index is 452. The summed E-state index contributed by atoms with van der Waals surface area (Å²) in [4.78, 5) is 38.7. The van der Waals surface area contributed by atoms with Crippen LogP contribution >= 0.6 is 0 Å². The lowest BCUT2D eigenvalue weighted by Gasteiger charge is -2.21. The van der Waals surface area contributed by atoms with Crippen molar-refractivity contribution in [1.82, 2.24) is 10.2 Å². The third kappa shape index (κ3) is 8.61. The molecule has 2 unspecified atom stereocenters. The number of methoxy groups -OCH3 is 1. The van der Waals surface area contributed by atoms with Gasteiger partial charge in [0.25, 0.3) is 0 Å². The van der Waals surface area contributed by atoms with Crippen molar-refractivity contribution in [2.24, 2.45) is 10.7 Å². The summed E-state index contributed by atoms with van der Waals surface area (Å²) in [6.07, 6.45) is 0.341. The minimum absolute atomic E-state index is 0.254. The van der Waals surface area contributed by atoms with Crippen LogP contribution in [0.1, 0.15) is 19.3 Å². The average Bonchev–Trinajstić information content (AvgIpc) is 2.47. The second-order valence-electron chi connectivity index (χ2n) is 5.00.